The molecule has 1 aromatic rings. The second-order valence-electron chi connectivity index (χ2n) is 6.91. The van der Waals surface area contributed by atoms with Crippen molar-refractivity contribution in [3.8, 4) is 0 Å². The van der Waals surface area contributed by atoms with Crippen LogP contribution in [0, 0.1) is 22.2 Å². The second-order valence-corrected chi connectivity index (χ2v) is 6.91. The van der Waals surface area contributed by atoms with Gasteiger partial charge in [0.2, 0.25) is 5.91 Å². The summed E-state index contributed by atoms with van der Waals surface area (Å²) >= 11 is 0. The number of rotatable bonds is 4. The van der Waals surface area contributed by atoms with Gasteiger partial charge in [-0.05, 0) is 37.3 Å². The molecule has 0 aliphatic heterocycles. The van der Waals surface area contributed by atoms with Crippen molar-refractivity contribution in [1.82, 2.24) is 5.32 Å². The molecule has 1 spiro atoms. The maximum absolute atomic E-state index is 12.4. The molecule has 1 amide bonds. The molecule has 2 N–H and O–H groups in total. The van der Waals surface area contributed by atoms with E-state index in [4.69, 9.17) is 4.42 Å². The summed E-state index contributed by atoms with van der Waals surface area (Å²) in [6.45, 7) is 6.06. The second kappa shape index (κ2) is 4.12. The molecule has 3 atom stereocenters. The fourth-order valence-corrected chi connectivity index (χ4v) is 4.68. The standard InChI is InChI=1S/C16H21NO4/c1-14(2)15(3,13(19)20)16(14)7-6-11(16)12(18)17-9-10-5-4-8-21-10/h4-5,8,11H,6-7,9H2,1-3H3,(H,17,18)(H,19,20)/t11-,15-,16-/m1/s1. The summed E-state index contributed by atoms with van der Waals surface area (Å²) in [4.78, 5) is 24.1. The van der Waals surface area contributed by atoms with Gasteiger partial charge in [-0.15, -0.1) is 0 Å². The molecule has 5 nitrogen and oxygen atoms in total. The summed E-state index contributed by atoms with van der Waals surface area (Å²) in [6, 6.07) is 3.58. The van der Waals surface area contributed by atoms with Crippen LogP contribution in [0.5, 0.6) is 0 Å². The molecule has 21 heavy (non-hydrogen) atoms. The van der Waals surface area contributed by atoms with E-state index in [1.165, 1.54) is 0 Å². The first-order valence-corrected chi connectivity index (χ1v) is 7.32. The maximum Gasteiger partial charge on any atom is 0.310 e. The Bertz CT molecular complexity index is 591. The Balaban J connectivity index is 1.73. The fourth-order valence-electron chi connectivity index (χ4n) is 4.68. The molecule has 0 aromatic carbocycles. The van der Waals surface area contributed by atoms with Crippen LogP contribution in [0.1, 0.15) is 39.4 Å². The van der Waals surface area contributed by atoms with E-state index in [-0.39, 0.29) is 17.2 Å². The zero-order valence-electron chi connectivity index (χ0n) is 12.6. The third-order valence-corrected chi connectivity index (χ3v) is 6.38. The van der Waals surface area contributed by atoms with E-state index >= 15 is 0 Å². The van der Waals surface area contributed by atoms with E-state index in [0.717, 1.165) is 12.8 Å². The van der Waals surface area contributed by atoms with Crippen molar-refractivity contribution >= 4 is 11.9 Å². The topological polar surface area (TPSA) is 79.5 Å². The van der Waals surface area contributed by atoms with Gasteiger partial charge >= 0.3 is 5.97 Å². The van der Waals surface area contributed by atoms with Crippen LogP contribution in [0.25, 0.3) is 0 Å². The third-order valence-electron chi connectivity index (χ3n) is 6.38. The van der Waals surface area contributed by atoms with Gasteiger partial charge in [-0.1, -0.05) is 13.8 Å². The van der Waals surface area contributed by atoms with E-state index in [1.54, 1.807) is 25.3 Å². The van der Waals surface area contributed by atoms with Crippen LogP contribution in [0.3, 0.4) is 0 Å². The van der Waals surface area contributed by atoms with Gasteiger partial charge in [-0.25, -0.2) is 0 Å². The first kappa shape index (κ1) is 14.2. The van der Waals surface area contributed by atoms with Crippen molar-refractivity contribution in [2.24, 2.45) is 22.2 Å². The van der Waals surface area contributed by atoms with Gasteiger partial charge in [0.1, 0.15) is 5.76 Å². The van der Waals surface area contributed by atoms with Gasteiger partial charge in [-0.3, -0.25) is 9.59 Å². The Morgan fingerprint density at radius 2 is 2.14 bits per heavy atom. The highest BCUT2D eigenvalue weighted by atomic mass is 16.4. The van der Waals surface area contributed by atoms with Crippen LogP contribution in [0.15, 0.2) is 22.8 Å². The molecule has 114 valence electrons. The zero-order valence-corrected chi connectivity index (χ0v) is 12.6. The maximum atomic E-state index is 12.4. The van der Waals surface area contributed by atoms with Crippen LogP contribution in [-0.2, 0) is 16.1 Å². The SMILES string of the molecule is CC1(C)[C@@](C)(C(=O)O)[C@@]12CC[C@@H]2C(=O)NCc1ccco1. The smallest absolute Gasteiger partial charge is 0.310 e. The van der Waals surface area contributed by atoms with E-state index in [1.807, 2.05) is 13.8 Å². The largest absolute Gasteiger partial charge is 0.481 e. The number of furan rings is 1. The lowest BCUT2D eigenvalue weighted by Gasteiger charge is -2.40. The normalized spacial score (nSPS) is 36.0. The average Bonchev–Trinajstić information content (AvgIpc) is 2.73. The minimum atomic E-state index is -0.815. The molecule has 5 heteroatoms. The first-order valence-electron chi connectivity index (χ1n) is 7.32. The van der Waals surface area contributed by atoms with Gasteiger partial charge < -0.3 is 14.8 Å². The van der Waals surface area contributed by atoms with Gasteiger partial charge in [-0.2, -0.15) is 0 Å². The third kappa shape index (κ3) is 1.46. The Morgan fingerprint density at radius 3 is 2.57 bits per heavy atom. The van der Waals surface area contributed by atoms with Crippen molar-refractivity contribution in [1.29, 1.82) is 0 Å². The average molecular weight is 291 g/mol. The molecule has 3 rings (SSSR count). The molecule has 2 saturated carbocycles. The minimum absolute atomic E-state index is 0.0595. The molecule has 0 radical (unpaired) electrons. The Morgan fingerprint density at radius 1 is 1.43 bits per heavy atom. The number of carboxylic acid groups (broad SMARTS) is 1. The number of amides is 1. The predicted octanol–water partition coefficient (Wildman–Crippen LogP) is 2.42. The van der Waals surface area contributed by atoms with Crippen LogP contribution >= 0.6 is 0 Å². The lowest BCUT2D eigenvalue weighted by atomic mass is 9.63. The summed E-state index contributed by atoms with van der Waals surface area (Å²) < 4.78 is 5.19. The Hall–Kier alpha value is -1.78. The highest BCUT2D eigenvalue weighted by Crippen LogP contribution is 2.87. The number of hydrogen-bond acceptors (Lipinski definition) is 3. The molecule has 0 saturated heterocycles. The number of carbonyl (C=O) groups excluding carboxylic acids is 1. The number of nitrogens with one attached hydrogen (secondary N) is 1. The summed E-state index contributed by atoms with van der Waals surface area (Å²) in [5, 5.41) is 12.5. The van der Waals surface area contributed by atoms with Crippen molar-refractivity contribution in [2.45, 2.75) is 40.2 Å². The molecule has 0 unspecified atom stereocenters. The quantitative estimate of drug-likeness (QED) is 0.893. The van der Waals surface area contributed by atoms with Gasteiger partial charge in [0.15, 0.2) is 0 Å². The Kier molecular flexibility index (Phi) is 2.78. The van der Waals surface area contributed by atoms with E-state index < -0.39 is 16.8 Å². The summed E-state index contributed by atoms with van der Waals surface area (Å²) in [7, 11) is 0. The van der Waals surface area contributed by atoms with E-state index in [0.29, 0.717) is 12.3 Å². The molecule has 0 bridgehead atoms. The zero-order chi connectivity index (χ0) is 15.5. The number of aliphatic carboxylic acids is 1. The van der Waals surface area contributed by atoms with Crippen LogP contribution in [-0.4, -0.2) is 17.0 Å². The van der Waals surface area contributed by atoms with Gasteiger partial charge in [0.25, 0.3) is 0 Å². The lowest BCUT2D eigenvalue weighted by molar-refractivity contribution is -0.148. The molecule has 1 aromatic heterocycles. The van der Waals surface area contributed by atoms with Crippen molar-refractivity contribution in [3.63, 3.8) is 0 Å². The monoisotopic (exact) mass is 291 g/mol. The number of hydrogen-bond donors (Lipinski definition) is 2. The first-order chi connectivity index (χ1) is 9.79. The van der Waals surface area contributed by atoms with E-state index in [9.17, 15) is 14.7 Å². The van der Waals surface area contributed by atoms with Crippen molar-refractivity contribution < 1.29 is 19.1 Å². The molecule has 1 heterocycles. The molecular formula is C16H21NO4. The summed E-state index contributed by atoms with van der Waals surface area (Å²) in [6.07, 6.45) is 3.13. The molecule has 2 fully saturated rings. The van der Waals surface area contributed by atoms with Gasteiger partial charge in [0, 0.05) is 11.3 Å². The number of carboxylic acids is 1. The summed E-state index contributed by atoms with van der Waals surface area (Å²) in [5.41, 5.74) is -1.57. The van der Waals surface area contributed by atoms with Crippen LogP contribution < -0.4 is 5.32 Å². The number of carbonyl (C=O) groups is 2. The van der Waals surface area contributed by atoms with Crippen molar-refractivity contribution in [3.05, 3.63) is 24.2 Å². The Labute approximate surface area is 123 Å². The van der Waals surface area contributed by atoms with E-state index in [2.05, 4.69) is 5.32 Å². The molecule has 2 aliphatic carbocycles. The van der Waals surface area contributed by atoms with Crippen molar-refractivity contribution in [2.75, 3.05) is 0 Å². The summed E-state index contributed by atoms with van der Waals surface area (Å²) in [5.74, 6) is -0.372. The van der Waals surface area contributed by atoms with Crippen LogP contribution in [0.2, 0.25) is 0 Å². The van der Waals surface area contributed by atoms with Gasteiger partial charge in [0.05, 0.1) is 18.2 Å². The highest BCUT2D eigenvalue weighted by Gasteiger charge is 2.88. The fraction of sp³-hybridized carbons (Fsp3) is 0.625. The molecular weight excluding hydrogens is 270 g/mol. The highest BCUT2D eigenvalue weighted by molar-refractivity contribution is 5.89. The minimum Gasteiger partial charge on any atom is -0.481 e. The lowest BCUT2D eigenvalue weighted by Crippen LogP contribution is -2.46. The van der Waals surface area contributed by atoms with Crippen LogP contribution in [0.4, 0.5) is 0 Å². The molecule has 2 aliphatic rings. The predicted molar refractivity (Wildman–Crippen MR) is 75.2 cm³/mol.